The number of rotatable bonds is 11. The number of amides is 2. The van der Waals surface area contributed by atoms with Gasteiger partial charge in [-0.2, -0.15) is 0 Å². The molecule has 3 aliphatic heterocycles. The molecule has 0 radical (unpaired) electrons. The summed E-state index contributed by atoms with van der Waals surface area (Å²) in [5, 5.41) is 26.8. The van der Waals surface area contributed by atoms with Crippen molar-refractivity contribution in [2.24, 2.45) is 5.92 Å². The second-order valence-electron chi connectivity index (χ2n) is 13.4. The molecule has 4 fully saturated rings. The molecule has 1 aliphatic carbocycles. The monoisotopic (exact) mass is 632 g/mol. The van der Waals surface area contributed by atoms with Crippen LogP contribution in [0.4, 0.5) is 0 Å². The number of carbonyl (C=O) groups excluding carboxylic acids is 3. The number of esters is 1. The van der Waals surface area contributed by atoms with Crippen LogP contribution in [0.3, 0.4) is 0 Å². The number of aliphatic hydroxyl groups excluding tert-OH is 2. The van der Waals surface area contributed by atoms with Crippen LogP contribution in [0.5, 0.6) is 0 Å². The molecule has 252 valence electrons. The molecule has 11 heteroatoms. The van der Waals surface area contributed by atoms with Crippen LogP contribution in [0.25, 0.3) is 0 Å². The molecular formula is C34H52N2O9. The van der Waals surface area contributed by atoms with Gasteiger partial charge in [0.05, 0.1) is 43.5 Å². The van der Waals surface area contributed by atoms with Crippen LogP contribution in [-0.4, -0.2) is 95.0 Å². The average Bonchev–Trinajstić information content (AvgIpc) is 3.74. The summed E-state index contributed by atoms with van der Waals surface area (Å²) >= 11 is 0. The Labute approximate surface area is 266 Å². The lowest BCUT2D eigenvalue weighted by atomic mass is 9.87. The van der Waals surface area contributed by atoms with E-state index in [1.807, 2.05) is 26.0 Å². The van der Waals surface area contributed by atoms with E-state index in [1.54, 1.807) is 13.0 Å². The molecule has 0 unspecified atom stereocenters. The Hall–Kier alpha value is -2.57. The summed E-state index contributed by atoms with van der Waals surface area (Å²) in [6.07, 6.45) is 11.3. The molecule has 1 spiro atoms. The number of carbonyl (C=O) groups is 3. The average molecular weight is 633 g/mol. The molecule has 11 nitrogen and oxygen atoms in total. The van der Waals surface area contributed by atoms with Crippen molar-refractivity contribution < 1.29 is 43.5 Å². The topological polar surface area (TPSA) is 156 Å². The molecule has 0 bridgehead atoms. The van der Waals surface area contributed by atoms with Crippen LogP contribution in [0.2, 0.25) is 0 Å². The lowest BCUT2D eigenvalue weighted by Crippen LogP contribution is -2.51. The van der Waals surface area contributed by atoms with Crippen molar-refractivity contribution in [3.63, 3.8) is 0 Å². The van der Waals surface area contributed by atoms with E-state index < -0.39 is 29.9 Å². The van der Waals surface area contributed by atoms with Gasteiger partial charge < -0.3 is 39.8 Å². The molecule has 0 aromatic heterocycles. The highest BCUT2D eigenvalue weighted by Crippen LogP contribution is 2.43. The number of allylic oxidation sites excluding steroid dienone is 2. The van der Waals surface area contributed by atoms with Gasteiger partial charge in [-0.3, -0.25) is 14.4 Å². The summed E-state index contributed by atoms with van der Waals surface area (Å²) in [6, 6.07) is -0.0472. The first-order chi connectivity index (χ1) is 21.3. The molecule has 3 saturated heterocycles. The van der Waals surface area contributed by atoms with Crippen LogP contribution in [0, 0.1) is 5.92 Å². The summed E-state index contributed by atoms with van der Waals surface area (Å²) in [5.74, 6) is -0.509. The maximum absolute atomic E-state index is 12.8. The SMILES string of the molecule is CC(=O)O[C@@H](C)/C=C\C(=O)N[C@@H]1C[C@H](C)[C@H](C/C=C(C)/C=C/[C@H]2O[C@H](CC(=O)N[C@H]3CC[C@H](O)CC3)C[C@@]3(CO3)[C@@H]2O)O[C@@H]1C. The van der Waals surface area contributed by atoms with Gasteiger partial charge in [0.15, 0.2) is 0 Å². The summed E-state index contributed by atoms with van der Waals surface area (Å²) in [5.41, 5.74) is 0.344. The summed E-state index contributed by atoms with van der Waals surface area (Å²) < 4.78 is 23.2. The van der Waals surface area contributed by atoms with E-state index in [2.05, 4.69) is 23.6 Å². The van der Waals surface area contributed by atoms with Crippen LogP contribution in [-0.2, 0) is 33.3 Å². The Morgan fingerprint density at radius 3 is 2.42 bits per heavy atom. The van der Waals surface area contributed by atoms with Gasteiger partial charge in [0.1, 0.15) is 23.9 Å². The molecule has 2 amide bonds. The predicted octanol–water partition coefficient (Wildman–Crippen LogP) is 2.78. The maximum atomic E-state index is 12.8. The van der Waals surface area contributed by atoms with E-state index in [-0.39, 0.29) is 60.7 Å². The van der Waals surface area contributed by atoms with Gasteiger partial charge in [0.25, 0.3) is 0 Å². The number of ether oxygens (including phenoxy) is 4. The summed E-state index contributed by atoms with van der Waals surface area (Å²) in [6.45, 7) is 9.54. The molecule has 0 aromatic carbocycles. The van der Waals surface area contributed by atoms with Crippen molar-refractivity contribution in [3.05, 3.63) is 36.0 Å². The molecule has 4 rings (SSSR count). The van der Waals surface area contributed by atoms with E-state index in [1.165, 1.54) is 13.0 Å². The standard InChI is InChI=1S/C34H52N2O9/c1-20(6-13-29-21(2)16-28(23(4)44-29)36-31(39)15-8-22(3)43-24(5)37)7-14-30-33(41)34(19-42-34)18-27(45-30)17-32(40)35-25-9-11-26(38)12-10-25/h6-8,14-15,21-23,25-30,33,38,41H,9-13,16-19H2,1-5H3,(H,35,40)(H,36,39)/b14-7+,15-8-,20-6+/t21-,22-,23+,25-,26-,27+,28+,29-,30+,33+,34+/m0/s1. The van der Waals surface area contributed by atoms with Crippen molar-refractivity contribution in [1.29, 1.82) is 0 Å². The normalized spacial score (nSPS) is 37.8. The van der Waals surface area contributed by atoms with Crippen molar-refractivity contribution in [1.82, 2.24) is 10.6 Å². The fraction of sp³-hybridized carbons (Fsp3) is 0.735. The van der Waals surface area contributed by atoms with Crippen LogP contribution < -0.4 is 10.6 Å². The lowest BCUT2D eigenvalue weighted by Gasteiger charge is -2.39. The zero-order chi connectivity index (χ0) is 32.7. The minimum atomic E-state index is -0.810. The zero-order valence-corrected chi connectivity index (χ0v) is 27.3. The third-order valence-corrected chi connectivity index (χ3v) is 9.40. The number of epoxide rings is 1. The quantitative estimate of drug-likeness (QED) is 0.116. The van der Waals surface area contributed by atoms with E-state index in [9.17, 15) is 24.6 Å². The Balaban J connectivity index is 1.25. The molecule has 4 aliphatic rings. The van der Waals surface area contributed by atoms with Gasteiger partial charge in [-0.15, -0.1) is 0 Å². The highest BCUT2D eigenvalue weighted by molar-refractivity contribution is 5.87. The van der Waals surface area contributed by atoms with E-state index in [0.29, 0.717) is 32.3 Å². The minimum Gasteiger partial charge on any atom is -0.459 e. The number of aliphatic hydroxyl groups is 2. The molecule has 1 saturated carbocycles. The number of nitrogens with one attached hydrogen (secondary N) is 2. The van der Waals surface area contributed by atoms with Crippen molar-refractivity contribution >= 4 is 17.8 Å². The molecule has 4 N–H and O–H groups in total. The Morgan fingerprint density at radius 1 is 1.04 bits per heavy atom. The van der Waals surface area contributed by atoms with Crippen molar-refractivity contribution in [2.45, 2.75) is 146 Å². The third-order valence-electron chi connectivity index (χ3n) is 9.40. The Kier molecular flexibility index (Phi) is 12.4. The van der Waals surface area contributed by atoms with Gasteiger partial charge in [0.2, 0.25) is 11.8 Å². The first kappa shape index (κ1) is 35.3. The van der Waals surface area contributed by atoms with Gasteiger partial charge in [-0.1, -0.05) is 30.7 Å². The summed E-state index contributed by atoms with van der Waals surface area (Å²) in [4.78, 5) is 36.2. The van der Waals surface area contributed by atoms with Crippen LogP contribution in [0.1, 0.15) is 86.0 Å². The molecule has 0 aromatic rings. The Bertz CT molecular complexity index is 1120. The van der Waals surface area contributed by atoms with Crippen molar-refractivity contribution in [3.8, 4) is 0 Å². The smallest absolute Gasteiger partial charge is 0.303 e. The van der Waals surface area contributed by atoms with Gasteiger partial charge >= 0.3 is 5.97 Å². The lowest BCUT2D eigenvalue weighted by molar-refractivity contribution is -0.146. The second kappa shape index (κ2) is 15.8. The Morgan fingerprint density at radius 2 is 1.76 bits per heavy atom. The van der Waals surface area contributed by atoms with Gasteiger partial charge in [-0.25, -0.2) is 0 Å². The highest BCUT2D eigenvalue weighted by Gasteiger charge is 2.58. The summed E-state index contributed by atoms with van der Waals surface area (Å²) in [7, 11) is 0. The first-order valence-corrected chi connectivity index (χ1v) is 16.4. The van der Waals surface area contributed by atoms with E-state index >= 15 is 0 Å². The van der Waals surface area contributed by atoms with E-state index in [4.69, 9.17) is 18.9 Å². The highest BCUT2D eigenvalue weighted by atomic mass is 16.6. The number of hydrogen-bond donors (Lipinski definition) is 4. The largest absolute Gasteiger partial charge is 0.459 e. The maximum Gasteiger partial charge on any atom is 0.303 e. The van der Waals surface area contributed by atoms with Gasteiger partial charge in [0, 0.05) is 25.5 Å². The van der Waals surface area contributed by atoms with E-state index in [0.717, 1.165) is 24.8 Å². The van der Waals surface area contributed by atoms with Crippen LogP contribution >= 0.6 is 0 Å². The number of hydrogen-bond acceptors (Lipinski definition) is 9. The third kappa shape index (κ3) is 10.5. The predicted molar refractivity (Wildman–Crippen MR) is 167 cm³/mol. The molecular weight excluding hydrogens is 580 g/mol. The fourth-order valence-corrected chi connectivity index (χ4v) is 6.60. The molecule has 3 heterocycles. The minimum absolute atomic E-state index is 0.00833. The second-order valence-corrected chi connectivity index (χ2v) is 13.4. The van der Waals surface area contributed by atoms with Crippen LogP contribution in [0.15, 0.2) is 36.0 Å². The molecule has 9 atom stereocenters. The first-order valence-electron chi connectivity index (χ1n) is 16.4. The zero-order valence-electron chi connectivity index (χ0n) is 27.3. The molecule has 45 heavy (non-hydrogen) atoms. The van der Waals surface area contributed by atoms with Crippen molar-refractivity contribution in [2.75, 3.05) is 6.61 Å². The fourth-order valence-electron chi connectivity index (χ4n) is 6.60. The van der Waals surface area contributed by atoms with Gasteiger partial charge in [-0.05, 0) is 71.3 Å².